The van der Waals surface area contributed by atoms with E-state index in [4.69, 9.17) is 4.43 Å². The van der Waals surface area contributed by atoms with Crippen LogP contribution in [-0.2, 0) is 4.43 Å². The fourth-order valence-corrected chi connectivity index (χ4v) is 1.95. The maximum atomic E-state index is 5.29. The van der Waals surface area contributed by atoms with Gasteiger partial charge in [-0.3, -0.25) is 0 Å². The average Bonchev–Trinajstić information content (AvgIpc) is 2.57. The van der Waals surface area contributed by atoms with Gasteiger partial charge in [0.05, 0.1) is 6.61 Å². The van der Waals surface area contributed by atoms with E-state index in [2.05, 4.69) is 31.2 Å². The molecule has 0 bridgehead atoms. The Bertz CT molecular complexity index is 151. The van der Waals surface area contributed by atoms with Crippen molar-refractivity contribution in [1.29, 1.82) is 0 Å². The predicted octanol–water partition coefficient (Wildman–Crippen LogP) is 2.58. The normalized spacial score (nSPS) is 15.8. The highest BCUT2D eigenvalue weighted by Gasteiger charge is 2.12. The van der Waals surface area contributed by atoms with E-state index in [9.17, 15) is 0 Å². The third-order valence-corrected chi connectivity index (χ3v) is 2.94. The molecule has 0 fully saturated rings. The maximum Gasteiger partial charge on any atom is 0.672 e. The summed E-state index contributed by atoms with van der Waals surface area (Å²) in [6, 6.07) is 1.23. The molecular weight excluding hydrogens is 164 g/mol. The molecule has 1 aliphatic carbocycles. The topological polar surface area (TPSA) is 9.23 Å². The van der Waals surface area contributed by atoms with Gasteiger partial charge in [0.2, 0.25) is 0 Å². The van der Waals surface area contributed by atoms with Crippen molar-refractivity contribution < 1.29 is 4.43 Å². The molecule has 0 heterocycles. The largest absolute Gasteiger partial charge is 0.672 e. The molecule has 1 radical (unpaired) electrons. The third-order valence-electron chi connectivity index (χ3n) is 1.89. The van der Waals surface area contributed by atoms with Crippen LogP contribution in [0.25, 0.3) is 0 Å². The minimum atomic E-state index is 0.705. The zero-order valence-corrected chi connectivity index (χ0v) is 8.62. The van der Waals surface area contributed by atoms with Crippen LogP contribution in [0.15, 0.2) is 24.3 Å². The average molecular weight is 180 g/mol. The lowest BCUT2D eigenvalue weighted by atomic mass is 10.1. The minimum Gasteiger partial charge on any atom is -0.207 e. The lowest BCUT2D eigenvalue weighted by molar-refractivity contribution is 0.358. The highest BCUT2D eigenvalue weighted by molar-refractivity contribution is 6.26. The van der Waals surface area contributed by atoms with Gasteiger partial charge in [-0.15, -0.1) is 0 Å². The Balaban J connectivity index is 1.89. The Kier molecular flexibility index (Phi) is 5.04. The zero-order chi connectivity index (χ0) is 8.65. The Morgan fingerprint density at radius 2 is 2.08 bits per heavy atom. The van der Waals surface area contributed by atoms with Gasteiger partial charge >= 0.3 is 9.76 Å². The fraction of sp³-hybridized carbons (Fsp3) is 0.600. The van der Waals surface area contributed by atoms with E-state index in [-0.39, 0.29) is 0 Å². The molecule has 0 unspecified atom stereocenters. The summed E-state index contributed by atoms with van der Waals surface area (Å²) in [6.07, 6.45) is 11.4. The van der Waals surface area contributed by atoms with Crippen molar-refractivity contribution in [1.82, 2.24) is 0 Å². The molecule has 65 valence electrons. The van der Waals surface area contributed by atoms with Crippen molar-refractivity contribution in [3.8, 4) is 0 Å². The first-order valence-corrected chi connectivity index (χ1v) is 5.74. The first-order chi connectivity index (χ1) is 5.93. The van der Waals surface area contributed by atoms with E-state index in [1.165, 1.54) is 18.9 Å². The molecule has 0 aliphatic heterocycles. The summed E-state index contributed by atoms with van der Waals surface area (Å²) in [6.45, 7) is 2.91. The Hall–Kier alpha value is -0.343. The van der Waals surface area contributed by atoms with Gasteiger partial charge in [-0.05, 0) is 25.7 Å². The summed E-state index contributed by atoms with van der Waals surface area (Å²) in [4.78, 5) is 0. The van der Waals surface area contributed by atoms with Gasteiger partial charge in [0.15, 0.2) is 0 Å². The number of hydrogen-bond acceptors (Lipinski definition) is 1. The van der Waals surface area contributed by atoms with Crippen LogP contribution in [0.1, 0.15) is 19.8 Å². The Morgan fingerprint density at radius 3 is 2.75 bits per heavy atom. The van der Waals surface area contributed by atoms with Crippen molar-refractivity contribution >= 4 is 9.76 Å². The van der Waals surface area contributed by atoms with E-state index >= 15 is 0 Å². The molecule has 1 rings (SSSR count). The molecule has 0 amide bonds. The maximum absolute atomic E-state index is 5.29. The van der Waals surface area contributed by atoms with Crippen LogP contribution in [0.4, 0.5) is 0 Å². The van der Waals surface area contributed by atoms with Gasteiger partial charge in [0, 0.05) is 0 Å². The standard InChI is InChI=1S/C10H16OSi/c1-2-11-12-9-5-8-10-6-3-4-7-10/h3-4,6-7,10H,2,5,8-9H2,1H3/q+1. The lowest BCUT2D eigenvalue weighted by Crippen LogP contribution is -1.98. The summed E-state index contributed by atoms with van der Waals surface area (Å²) in [5, 5.41) is 0. The second kappa shape index (κ2) is 6.20. The van der Waals surface area contributed by atoms with E-state index in [1.54, 1.807) is 0 Å². The van der Waals surface area contributed by atoms with Gasteiger partial charge in [0.25, 0.3) is 0 Å². The van der Waals surface area contributed by atoms with Crippen LogP contribution in [-0.4, -0.2) is 16.4 Å². The molecule has 2 heteroatoms. The molecule has 12 heavy (non-hydrogen) atoms. The molecule has 0 atom stereocenters. The first-order valence-electron chi connectivity index (χ1n) is 4.63. The Labute approximate surface area is 77.4 Å². The summed E-state index contributed by atoms with van der Waals surface area (Å²) < 4.78 is 5.29. The Morgan fingerprint density at radius 1 is 1.33 bits per heavy atom. The fourth-order valence-electron chi connectivity index (χ4n) is 1.25. The summed E-state index contributed by atoms with van der Waals surface area (Å²) in [5.41, 5.74) is 0. The molecule has 0 saturated heterocycles. The van der Waals surface area contributed by atoms with Gasteiger partial charge in [-0.25, -0.2) is 4.43 Å². The van der Waals surface area contributed by atoms with E-state index in [0.717, 1.165) is 6.61 Å². The molecule has 0 aromatic carbocycles. The van der Waals surface area contributed by atoms with Gasteiger partial charge in [-0.1, -0.05) is 24.3 Å². The smallest absolute Gasteiger partial charge is 0.207 e. The van der Waals surface area contributed by atoms with Crippen molar-refractivity contribution in [2.45, 2.75) is 25.8 Å². The molecule has 1 aliphatic rings. The van der Waals surface area contributed by atoms with E-state index < -0.39 is 0 Å². The highest BCUT2D eigenvalue weighted by atomic mass is 28.2. The first kappa shape index (κ1) is 9.74. The van der Waals surface area contributed by atoms with Gasteiger partial charge in [0.1, 0.15) is 6.04 Å². The van der Waals surface area contributed by atoms with Crippen LogP contribution in [0.5, 0.6) is 0 Å². The summed E-state index contributed by atoms with van der Waals surface area (Å²) in [5.74, 6) is 0.705. The second-order valence-electron chi connectivity index (χ2n) is 2.90. The number of allylic oxidation sites excluding steroid dienone is 4. The van der Waals surface area contributed by atoms with Crippen LogP contribution >= 0.6 is 0 Å². The van der Waals surface area contributed by atoms with Crippen LogP contribution < -0.4 is 0 Å². The SMILES string of the molecule is CCO[Si+]CCCC1C=CC=C1. The monoisotopic (exact) mass is 180 g/mol. The molecule has 0 aromatic rings. The number of rotatable bonds is 6. The van der Waals surface area contributed by atoms with Crippen molar-refractivity contribution in [3.63, 3.8) is 0 Å². The molecule has 0 aromatic heterocycles. The van der Waals surface area contributed by atoms with Crippen LogP contribution in [0, 0.1) is 5.92 Å². The van der Waals surface area contributed by atoms with Crippen LogP contribution in [0.2, 0.25) is 6.04 Å². The minimum absolute atomic E-state index is 0.705. The van der Waals surface area contributed by atoms with Crippen molar-refractivity contribution in [2.75, 3.05) is 6.61 Å². The molecule has 0 N–H and O–H groups in total. The van der Waals surface area contributed by atoms with Gasteiger partial charge in [-0.2, -0.15) is 0 Å². The van der Waals surface area contributed by atoms with E-state index in [1.807, 2.05) is 0 Å². The van der Waals surface area contributed by atoms with Crippen LogP contribution in [0.3, 0.4) is 0 Å². The number of hydrogen-bond donors (Lipinski definition) is 0. The van der Waals surface area contributed by atoms with Crippen molar-refractivity contribution in [2.24, 2.45) is 5.92 Å². The van der Waals surface area contributed by atoms with Gasteiger partial charge < -0.3 is 0 Å². The molecule has 0 saturated carbocycles. The zero-order valence-electron chi connectivity index (χ0n) is 7.62. The molecule has 1 nitrogen and oxygen atoms in total. The highest BCUT2D eigenvalue weighted by Crippen LogP contribution is 2.16. The quantitative estimate of drug-likeness (QED) is 0.451. The summed E-state index contributed by atoms with van der Waals surface area (Å²) >= 11 is 0. The van der Waals surface area contributed by atoms with Crippen molar-refractivity contribution in [3.05, 3.63) is 24.3 Å². The predicted molar refractivity (Wildman–Crippen MR) is 53.2 cm³/mol. The second-order valence-corrected chi connectivity index (χ2v) is 3.98. The molecule has 0 spiro atoms. The molecular formula is C10H16OSi+. The lowest BCUT2D eigenvalue weighted by Gasteiger charge is -1.99. The summed E-state index contributed by atoms with van der Waals surface area (Å²) in [7, 11) is 0.707. The van der Waals surface area contributed by atoms with E-state index in [0.29, 0.717) is 15.7 Å². The third kappa shape index (κ3) is 3.88.